The third kappa shape index (κ3) is 4.68. The van der Waals surface area contributed by atoms with Crippen molar-refractivity contribution in [2.24, 2.45) is 10.9 Å². The van der Waals surface area contributed by atoms with Gasteiger partial charge in [0.1, 0.15) is 12.4 Å². The number of hydrogen-bond acceptors (Lipinski definition) is 4. The highest BCUT2D eigenvalue weighted by atomic mass is 79.9. The van der Waals surface area contributed by atoms with Crippen molar-refractivity contribution in [3.05, 3.63) is 58.6 Å². The maximum Gasteiger partial charge on any atom is 0.170 e. The van der Waals surface area contributed by atoms with Gasteiger partial charge >= 0.3 is 0 Å². The van der Waals surface area contributed by atoms with Gasteiger partial charge in [0, 0.05) is 22.3 Å². The Morgan fingerprint density at radius 1 is 1.14 bits per heavy atom. The van der Waals surface area contributed by atoms with Gasteiger partial charge in [0.15, 0.2) is 5.84 Å². The van der Waals surface area contributed by atoms with Gasteiger partial charge < -0.3 is 21.0 Å². The standard InChI is InChI=1S/C15H16BrN3O2/c16-12-3-5-13(6-4-12)18-9-10-21-14-7-1-11(2-8-14)15(17)19-20/h1-8,18,20H,9-10H2,(H2,17,19). The molecule has 0 aromatic heterocycles. The molecule has 0 atom stereocenters. The Kier molecular flexibility index (Phi) is 5.45. The quantitative estimate of drug-likeness (QED) is 0.246. The molecule has 6 heteroatoms. The van der Waals surface area contributed by atoms with Crippen molar-refractivity contribution < 1.29 is 9.94 Å². The Hall–Kier alpha value is -2.21. The van der Waals surface area contributed by atoms with Gasteiger partial charge in [-0.15, -0.1) is 0 Å². The van der Waals surface area contributed by atoms with Crippen molar-refractivity contribution in [2.45, 2.75) is 0 Å². The molecule has 110 valence electrons. The number of ether oxygens (including phenoxy) is 1. The molecule has 2 aromatic carbocycles. The first-order valence-electron chi connectivity index (χ1n) is 6.39. The molecule has 0 bridgehead atoms. The fourth-order valence-electron chi connectivity index (χ4n) is 1.71. The first-order valence-corrected chi connectivity index (χ1v) is 7.18. The minimum Gasteiger partial charge on any atom is -0.492 e. The summed E-state index contributed by atoms with van der Waals surface area (Å²) in [6, 6.07) is 15.0. The van der Waals surface area contributed by atoms with Crippen molar-refractivity contribution >= 4 is 27.5 Å². The zero-order chi connectivity index (χ0) is 15.1. The van der Waals surface area contributed by atoms with Crippen molar-refractivity contribution in [1.29, 1.82) is 0 Å². The lowest BCUT2D eigenvalue weighted by molar-refractivity contribution is 0.318. The second kappa shape index (κ2) is 7.54. The van der Waals surface area contributed by atoms with E-state index in [9.17, 15) is 0 Å². The lowest BCUT2D eigenvalue weighted by Crippen LogP contribution is -2.13. The minimum atomic E-state index is 0.0819. The predicted octanol–water partition coefficient (Wildman–Crippen LogP) is 3.03. The smallest absolute Gasteiger partial charge is 0.170 e. The van der Waals surface area contributed by atoms with Crippen molar-refractivity contribution in [3.8, 4) is 5.75 Å². The predicted molar refractivity (Wildman–Crippen MR) is 87.1 cm³/mol. The average Bonchev–Trinajstić information content (AvgIpc) is 2.53. The van der Waals surface area contributed by atoms with Crippen molar-refractivity contribution in [3.63, 3.8) is 0 Å². The number of hydrogen-bond donors (Lipinski definition) is 3. The molecular weight excluding hydrogens is 334 g/mol. The number of amidine groups is 1. The van der Waals surface area contributed by atoms with Crippen LogP contribution in [0, 0.1) is 0 Å². The van der Waals surface area contributed by atoms with Crippen molar-refractivity contribution in [1.82, 2.24) is 0 Å². The van der Waals surface area contributed by atoms with Crippen LogP contribution in [0.4, 0.5) is 5.69 Å². The number of halogens is 1. The van der Waals surface area contributed by atoms with E-state index in [1.54, 1.807) is 24.3 Å². The van der Waals surface area contributed by atoms with Gasteiger partial charge in [-0.3, -0.25) is 0 Å². The van der Waals surface area contributed by atoms with Crippen molar-refractivity contribution in [2.75, 3.05) is 18.5 Å². The van der Waals surface area contributed by atoms with Crippen LogP contribution < -0.4 is 15.8 Å². The number of oxime groups is 1. The average molecular weight is 350 g/mol. The maximum absolute atomic E-state index is 8.58. The van der Waals surface area contributed by atoms with Gasteiger partial charge in [-0.2, -0.15) is 0 Å². The van der Waals surface area contributed by atoms with E-state index in [0.29, 0.717) is 18.7 Å². The van der Waals surface area contributed by atoms with Crippen LogP contribution in [-0.4, -0.2) is 24.2 Å². The Bertz CT molecular complexity index is 597. The van der Waals surface area contributed by atoms with Crippen LogP contribution in [0.15, 0.2) is 58.2 Å². The van der Waals surface area contributed by atoms with E-state index >= 15 is 0 Å². The SMILES string of the molecule is NC(=NO)c1ccc(OCCNc2ccc(Br)cc2)cc1. The zero-order valence-corrected chi connectivity index (χ0v) is 12.9. The summed E-state index contributed by atoms with van der Waals surface area (Å²) >= 11 is 3.39. The van der Waals surface area contributed by atoms with E-state index in [4.69, 9.17) is 15.7 Å². The van der Waals surface area contributed by atoms with Gasteiger partial charge in [-0.25, -0.2) is 0 Å². The first-order chi connectivity index (χ1) is 10.2. The fourth-order valence-corrected chi connectivity index (χ4v) is 1.98. The van der Waals surface area contributed by atoms with Crippen LogP contribution in [0.25, 0.3) is 0 Å². The van der Waals surface area contributed by atoms with Crippen LogP contribution >= 0.6 is 15.9 Å². The van der Waals surface area contributed by atoms with Crippen LogP contribution in [0.2, 0.25) is 0 Å². The van der Waals surface area contributed by atoms with E-state index < -0.39 is 0 Å². The third-order valence-corrected chi connectivity index (χ3v) is 3.33. The molecule has 0 amide bonds. The largest absolute Gasteiger partial charge is 0.492 e. The summed E-state index contributed by atoms with van der Waals surface area (Å²) in [7, 11) is 0. The lowest BCUT2D eigenvalue weighted by Gasteiger charge is -2.09. The monoisotopic (exact) mass is 349 g/mol. The Morgan fingerprint density at radius 2 is 1.81 bits per heavy atom. The summed E-state index contributed by atoms with van der Waals surface area (Å²) in [5.41, 5.74) is 7.18. The van der Waals surface area contributed by atoms with Crippen LogP contribution in [0.5, 0.6) is 5.75 Å². The number of anilines is 1. The Balaban J connectivity index is 1.77. The summed E-state index contributed by atoms with van der Waals surface area (Å²) in [5.74, 6) is 0.820. The Morgan fingerprint density at radius 3 is 2.43 bits per heavy atom. The number of rotatable bonds is 6. The molecule has 0 aliphatic heterocycles. The summed E-state index contributed by atoms with van der Waals surface area (Å²) in [5, 5.41) is 14.8. The number of nitrogens with two attached hydrogens (primary N) is 1. The molecule has 21 heavy (non-hydrogen) atoms. The van der Waals surface area contributed by atoms with Gasteiger partial charge in [-0.05, 0) is 48.5 Å². The second-order valence-corrected chi connectivity index (χ2v) is 5.21. The third-order valence-electron chi connectivity index (χ3n) is 2.80. The molecule has 2 rings (SSSR count). The van der Waals surface area contributed by atoms with Crippen LogP contribution in [-0.2, 0) is 0 Å². The van der Waals surface area contributed by atoms with Gasteiger partial charge in [0.2, 0.25) is 0 Å². The molecule has 0 fully saturated rings. The van der Waals surface area contributed by atoms with Crippen LogP contribution in [0.1, 0.15) is 5.56 Å². The summed E-state index contributed by atoms with van der Waals surface area (Å²) in [6.45, 7) is 1.24. The fraction of sp³-hybridized carbons (Fsp3) is 0.133. The molecule has 0 aliphatic rings. The van der Waals surface area contributed by atoms with E-state index in [1.807, 2.05) is 24.3 Å². The number of nitrogens with one attached hydrogen (secondary N) is 1. The molecule has 0 aliphatic carbocycles. The normalized spacial score (nSPS) is 11.2. The van der Waals surface area contributed by atoms with Crippen LogP contribution in [0.3, 0.4) is 0 Å². The molecule has 2 aromatic rings. The summed E-state index contributed by atoms with van der Waals surface area (Å²) in [4.78, 5) is 0. The summed E-state index contributed by atoms with van der Waals surface area (Å²) < 4.78 is 6.66. The van der Waals surface area contributed by atoms with E-state index in [1.165, 1.54) is 0 Å². The molecule has 0 radical (unpaired) electrons. The number of benzene rings is 2. The maximum atomic E-state index is 8.58. The molecule has 4 N–H and O–H groups in total. The molecule has 0 unspecified atom stereocenters. The first kappa shape index (κ1) is 15.2. The van der Waals surface area contributed by atoms with Gasteiger partial charge in [0.25, 0.3) is 0 Å². The van der Waals surface area contributed by atoms with E-state index in [2.05, 4.69) is 26.4 Å². The minimum absolute atomic E-state index is 0.0819. The highest BCUT2D eigenvalue weighted by molar-refractivity contribution is 9.10. The highest BCUT2D eigenvalue weighted by Gasteiger charge is 1.99. The molecule has 0 saturated heterocycles. The summed E-state index contributed by atoms with van der Waals surface area (Å²) in [6.07, 6.45) is 0. The Labute approximate surface area is 131 Å². The number of nitrogens with zero attached hydrogens (tertiary/aromatic N) is 1. The van der Waals surface area contributed by atoms with Gasteiger partial charge in [0.05, 0.1) is 0 Å². The second-order valence-electron chi connectivity index (χ2n) is 4.29. The lowest BCUT2D eigenvalue weighted by atomic mass is 10.2. The zero-order valence-electron chi connectivity index (χ0n) is 11.3. The molecular formula is C15H16BrN3O2. The van der Waals surface area contributed by atoms with E-state index in [0.717, 1.165) is 15.9 Å². The van der Waals surface area contributed by atoms with E-state index in [-0.39, 0.29) is 5.84 Å². The molecule has 5 nitrogen and oxygen atoms in total. The highest BCUT2D eigenvalue weighted by Crippen LogP contribution is 2.14. The topological polar surface area (TPSA) is 79.9 Å². The molecule has 0 saturated carbocycles. The molecule has 0 heterocycles. The molecule has 0 spiro atoms. The van der Waals surface area contributed by atoms with Gasteiger partial charge in [-0.1, -0.05) is 21.1 Å².